The van der Waals surface area contributed by atoms with Gasteiger partial charge in [-0.1, -0.05) is 146 Å². The molecule has 10 rings (SSSR count). The molecule has 0 aliphatic carbocycles. The van der Waals surface area contributed by atoms with E-state index < -0.39 is 0 Å². The van der Waals surface area contributed by atoms with Gasteiger partial charge in [0.1, 0.15) is 5.52 Å². The van der Waals surface area contributed by atoms with Crippen molar-refractivity contribution in [1.82, 2.24) is 4.98 Å². The van der Waals surface area contributed by atoms with Crippen molar-refractivity contribution < 1.29 is 4.42 Å². The zero-order valence-corrected chi connectivity index (χ0v) is 28.3. The van der Waals surface area contributed by atoms with Gasteiger partial charge in [-0.3, -0.25) is 0 Å². The van der Waals surface area contributed by atoms with Crippen LogP contribution in [0.15, 0.2) is 199 Å². The van der Waals surface area contributed by atoms with Crippen LogP contribution in [0.25, 0.3) is 77.1 Å². The summed E-state index contributed by atoms with van der Waals surface area (Å²) in [5.41, 5.74) is 10.4. The van der Waals surface area contributed by atoms with Crippen LogP contribution in [0, 0.1) is 0 Å². The molecule has 1 heterocycles. The maximum Gasteiger partial charge on any atom is 0.227 e. The minimum atomic E-state index is 0.630. The van der Waals surface area contributed by atoms with E-state index in [1.54, 1.807) is 0 Å². The predicted molar refractivity (Wildman–Crippen MR) is 218 cm³/mol. The number of fused-ring (bicyclic) bond motifs is 4. The van der Waals surface area contributed by atoms with Crippen LogP contribution < -0.4 is 4.90 Å². The molecule has 0 saturated carbocycles. The van der Waals surface area contributed by atoms with E-state index in [-0.39, 0.29) is 0 Å². The molecule has 0 bridgehead atoms. The van der Waals surface area contributed by atoms with Crippen LogP contribution in [0.5, 0.6) is 0 Å². The highest BCUT2D eigenvalue weighted by atomic mass is 16.3. The lowest BCUT2D eigenvalue weighted by atomic mass is 9.98. The third-order valence-electron chi connectivity index (χ3n) is 10.1. The van der Waals surface area contributed by atoms with E-state index in [1.807, 2.05) is 6.07 Å². The smallest absolute Gasteiger partial charge is 0.227 e. The lowest BCUT2D eigenvalue weighted by Gasteiger charge is -2.26. The Morgan fingerprint density at radius 2 is 0.865 bits per heavy atom. The standard InChI is InChI=1S/C49H32N2O/c1-2-13-38-32-41(31-22-33(38)10-1)51(39-27-23-36(24-28-39)43-18-7-14-34-11-3-5-16-42(34)43)40-29-25-37(26-30-40)45-19-9-21-47-48(45)52-49(50-47)46-20-8-15-35-12-4-6-17-44(35)46/h1-32H. The molecule has 0 N–H and O–H groups in total. The Balaban J connectivity index is 1.05. The van der Waals surface area contributed by atoms with Gasteiger partial charge < -0.3 is 9.32 Å². The number of para-hydroxylation sites is 1. The largest absolute Gasteiger partial charge is 0.435 e. The van der Waals surface area contributed by atoms with E-state index in [0.29, 0.717) is 5.89 Å². The summed E-state index contributed by atoms with van der Waals surface area (Å²) in [4.78, 5) is 7.27. The molecular formula is C49H32N2O. The Morgan fingerprint density at radius 1 is 0.365 bits per heavy atom. The molecule has 0 atom stereocenters. The summed E-state index contributed by atoms with van der Waals surface area (Å²) in [6.45, 7) is 0. The third kappa shape index (κ3) is 5.19. The molecule has 0 fully saturated rings. The summed E-state index contributed by atoms with van der Waals surface area (Å²) in [6, 6.07) is 68.8. The van der Waals surface area contributed by atoms with Gasteiger partial charge in [-0.25, -0.2) is 4.98 Å². The Hall–Kier alpha value is -6.97. The van der Waals surface area contributed by atoms with Crippen molar-refractivity contribution in [1.29, 1.82) is 0 Å². The van der Waals surface area contributed by atoms with Crippen LogP contribution in [-0.4, -0.2) is 4.98 Å². The van der Waals surface area contributed by atoms with E-state index in [0.717, 1.165) is 55.6 Å². The van der Waals surface area contributed by atoms with Crippen molar-refractivity contribution in [3.05, 3.63) is 194 Å². The molecule has 0 radical (unpaired) electrons. The molecule has 0 saturated heterocycles. The molecule has 0 unspecified atom stereocenters. The second-order valence-electron chi connectivity index (χ2n) is 13.2. The van der Waals surface area contributed by atoms with Crippen molar-refractivity contribution in [3.63, 3.8) is 0 Å². The van der Waals surface area contributed by atoms with Gasteiger partial charge >= 0.3 is 0 Å². The number of oxazole rings is 1. The number of aromatic nitrogens is 1. The molecule has 52 heavy (non-hydrogen) atoms. The zero-order chi connectivity index (χ0) is 34.4. The summed E-state index contributed by atoms with van der Waals surface area (Å²) in [7, 11) is 0. The number of nitrogens with zero attached hydrogens (tertiary/aromatic N) is 2. The molecule has 3 heteroatoms. The lowest BCUT2D eigenvalue weighted by molar-refractivity contribution is 0.621. The Labute approximate surface area is 301 Å². The normalized spacial score (nSPS) is 11.5. The molecule has 0 amide bonds. The topological polar surface area (TPSA) is 29.3 Å². The average Bonchev–Trinajstić information content (AvgIpc) is 3.66. The molecule has 1 aromatic heterocycles. The van der Waals surface area contributed by atoms with Crippen molar-refractivity contribution in [3.8, 4) is 33.7 Å². The first-order valence-electron chi connectivity index (χ1n) is 17.6. The fourth-order valence-electron chi connectivity index (χ4n) is 7.52. The fraction of sp³-hybridized carbons (Fsp3) is 0. The van der Waals surface area contributed by atoms with Gasteiger partial charge in [0.25, 0.3) is 0 Å². The van der Waals surface area contributed by atoms with Crippen LogP contribution in [0.1, 0.15) is 0 Å². The summed E-state index contributed by atoms with van der Waals surface area (Å²) in [5.74, 6) is 0.630. The van der Waals surface area contributed by atoms with E-state index in [4.69, 9.17) is 9.40 Å². The highest BCUT2D eigenvalue weighted by molar-refractivity contribution is 5.99. The van der Waals surface area contributed by atoms with E-state index in [9.17, 15) is 0 Å². The summed E-state index contributed by atoms with van der Waals surface area (Å²) in [5, 5.41) is 7.21. The Kier molecular flexibility index (Phi) is 7.14. The lowest BCUT2D eigenvalue weighted by Crippen LogP contribution is -2.09. The van der Waals surface area contributed by atoms with E-state index in [1.165, 1.54) is 32.7 Å². The second kappa shape index (κ2) is 12.4. The van der Waals surface area contributed by atoms with Crippen LogP contribution in [0.4, 0.5) is 17.1 Å². The maximum atomic E-state index is 6.56. The van der Waals surface area contributed by atoms with Crippen LogP contribution in [-0.2, 0) is 0 Å². The molecule has 0 spiro atoms. The highest BCUT2D eigenvalue weighted by Gasteiger charge is 2.17. The summed E-state index contributed by atoms with van der Waals surface area (Å²) < 4.78 is 6.56. The molecule has 10 aromatic rings. The predicted octanol–water partition coefficient (Wildman–Crippen LogP) is 13.8. The van der Waals surface area contributed by atoms with Crippen molar-refractivity contribution in [2.75, 3.05) is 4.90 Å². The third-order valence-corrected chi connectivity index (χ3v) is 10.1. The van der Waals surface area contributed by atoms with Crippen LogP contribution in [0.3, 0.4) is 0 Å². The number of hydrogen-bond donors (Lipinski definition) is 0. The number of benzene rings is 9. The van der Waals surface area contributed by atoms with Crippen molar-refractivity contribution in [2.45, 2.75) is 0 Å². The minimum Gasteiger partial charge on any atom is -0.435 e. The van der Waals surface area contributed by atoms with Crippen LogP contribution in [0.2, 0.25) is 0 Å². The second-order valence-corrected chi connectivity index (χ2v) is 13.2. The molecule has 3 nitrogen and oxygen atoms in total. The fourth-order valence-corrected chi connectivity index (χ4v) is 7.52. The first-order chi connectivity index (χ1) is 25.8. The van der Waals surface area contributed by atoms with Gasteiger partial charge in [0.15, 0.2) is 5.58 Å². The first kappa shape index (κ1) is 29.9. The molecule has 9 aromatic carbocycles. The van der Waals surface area contributed by atoms with Gasteiger partial charge in [-0.15, -0.1) is 0 Å². The SMILES string of the molecule is c1ccc2cc(N(c3ccc(-c4cccc5ccccc45)cc3)c3ccc(-c4cccc5nc(-c6cccc7ccccc67)oc45)cc3)ccc2c1. The Morgan fingerprint density at radius 3 is 1.56 bits per heavy atom. The summed E-state index contributed by atoms with van der Waals surface area (Å²) in [6.07, 6.45) is 0. The maximum absolute atomic E-state index is 6.56. The van der Waals surface area contributed by atoms with E-state index >= 15 is 0 Å². The van der Waals surface area contributed by atoms with Crippen molar-refractivity contribution >= 4 is 60.5 Å². The summed E-state index contributed by atoms with van der Waals surface area (Å²) >= 11 is 0. The number of rotatable bonds is 6. The van der Waals surface area contributed by atoms with Gasteiger partial charge in [0, 0.05) is 28.2 Å². The van der Waals surface area contributed by atoms with Crippen LogP contribution >= 0.6 is 0 Å². The molecule has 244 valence electrons. The van der Waals surface area contributed by atoms with Gasteiger partial charge in [0.2, 0.25) is 5.89 Å². The van der Waals surface area contributed by atoms with Gasteiger partial charge in [0.05, 0.1) is 0 Å². The van der Waals surface area contributed by atoms with Gasteiger partial charge in [-0.05, 0) is 97.5 Å². The van der Waals surface area contributed by atoms with E-state index in [2.05, 4.69) is 193 Å². The first-order valence-corrected chi connectivity index (χ1v) is 17.6. The molecule has 0 aliphatic heterocycles. The van der Waals surface area contributed by atoms with Crippen molar-refractivity contribution in [2.24, 2.45) is 0 Å². The Bertz CT molecular complexity index is 2890. The highest BCUT2D eigenvalue weighted by Crippen LogP contribution is 2.40. The average molecular weight is 665 g/mol. The number of hydrogen-bond acceptors (Lipinski definition) is 3. The monoisotopic (exact) mass is 664 g/mol. The molecular weight excluding hydrogens is 633 g/mol. The quantitative estimate of drug-likeness (QED) is 0.177. The zero-order valence-electron chi connectivity index (χ0n) is 28.3. The molecule has 0 aliphatic rings. The minimum absolute atomic E-state index is 0.630. The van der Waals surface area contributed by atoms with Gasteiger partial charge in [-0.2, -0.15) is 0 Å². The number of anilines is 3.